The van der Waals surface area contributed by atoms with E-state index in [0.717, 1.165) is 0 Å². The average molecular weight is 256 g/mol. The molecular formula is C10H8N8O. The van der Waals surface area contributed by atoms with Crippen LogP contribution in [0.4, 0.5) is 5.69 Å². The zero-order chi connectivity index (χ0) is 13.1. The lowest BCUT2D eigenvalue weighted by Crippen LogP contribution is -2.15. The van der Waals surface area contributed by atoms with Crippen molar-refractivity contribution in [3.05, 3.63) is 42.5 Å². The van der Waals surface area contributed by atoms with E-state index in [9.17, 15) is 4.79 Å². The summed E-state index contributed by atoms with van der Waals surface area (Å²) in [6.45, 7) is 0. The SMILES string of the molecule is O=C(Nc1ccccc1-n1ccnn1)c1nn[nH]n1. The normalized spacial score (nSPS) is 10.3. The van der Waals surface area contributed by atoms with Crippen molar-refractivity contribution in [2.45, 2.75) is 0 Å². The number of aromatic nitrogens is 7. The zero-order valence-corrected chi connectivity index (χ0v) is 9.56. The molecule has 0 spiro atoms. The molecule has 0 saturated heterocycles. The standard InChI is InChI=1S/C10H8N8O/c19-10(9-13-15-16-14-9)12-7-3-1-2-4-8(7)18-6-5-11-17-18/h1-6H,(H,12,19)(H,13,14,15,16). The third-order valence-corrected chi connectivity index (χ3v) is 2.37. The first-order valence-corrected chi connectivity index (χ1v) is 5.35. The molecule has 0 unspecified atom stereocenters. The van der Waals surface area contributed by atoms with Gasteiger partial charge >= 0.3 is 0 Å². The lowest BCUT2D eigenvalue weighted by molar-refractivity contribution is 0.101. The van der Waals surface area contributed by atoms with Gasteiger partial charge < -0.3 is 5.32 Å². The maximum Gasteiger partial charge on any atom is 0.297 e. The van der Waals surface area contributed by atoms with Crippen LogP contribution in [-0.4, -0.2) is 41.5 Å². The summed E-state index contributed by atoms with van der Waals surface area (Å²) in [4.78, 5) is 11.9. The van der Waals surface area contributed by atoms with Gasteiger partial charge in [-0.2, -0.15) is 5.21 Å². The molecule has 1 amide bonds. The lowest BCUT2D eigenvalue weighted by Gasteiger charge is -2.08. The highest BCUT2D eigenvalue weighted by molar-refractivity contribution is 6.02. The van der Waals surface area contributed by atoms with Gasteiger partial charge in [0.25, 0.3) is 11.7 Å². The van der Waals surface area contributed by atoms with Gasteiger partial charge in [0.15, 0.2) is 0 Å². The predicted octanol–water partition coefficient (Wildman–Crippen LogP) is 0.0327. The Labute approximate surface area is 106 Å². The Hall–Kier alpha value is -3.10. The number of H-pyrrole nitrogens is 1. The minimum Gasteiger partial charge on any atom is -0.317 e. The minimum atomic E-state index is -0.457. The minimum absolute atomic E-state index is 0.0339. The second-order valence-electron chi connectivity index (χ2n) is 3.55. The molecule has 9 nitrogen and oxygen atoms in total. The third kappa shape index (κ3) is 2.16. The molecule has 1 aromatic carbocycles. The van der Waals surface area contributed by atoms with Gasteiger partial charge in [-0.1, -0.05) is 17.3 Å². The number of nitrogens with one attached hydrogen (secondary N) is 2. The van der Waals surface area contributed by atoms with Crippen LogP contribution in [0.3, 0.4) is 0 Å². The molecule has 9 heteroatoms. The van der Waals surface area contributed by atoms with E-state index in [2.05, 4.69) is 36.3 Å². The number of carbonyl (C=O) groups excluding carboxylic acids is 1. The monoisotopic (exact) mass is 256 g/mol. The van der Waals surface area contributed by atoms with Gasteiger partial charge in [0.05, 0.1) is 23.8 Å². The molecule has 0 aliphatic rings. The van der Waals surface area contributed by atoms with Crippen molar-refractivity contribution in [3.63, 3.8) is 0 Å². The Morgan fingerprint density at radius 1 is 1.32 bits per heavy atom. The van der Waals surface area contributed by atoms with E-state index in [4.69, 9.17) is 0 Å². The Morgan fingerprint density at radius 2 is 2.21 bits per heavy atom. The summed E-state index contributed by atoms with van der Waals surface area (Å²) < 4.78 is 1.55. The van der Waals surface area contributed by atoms with Gasteiger partial charge in [-0.05, 0) is 17.3 Å². The molecule has 0 fully saturated rings. The maximum atomic E-state index is 11.9. The largest absolute Gasteiger partial charge is 0.317 e. The van der Waals surface area contributed by atoms with Gasteiger partial charge in [-0.25, -0.2) is 4.68 Å². The Balaban J connectivity index is 1.92. The quantitative estimate of drug-likeness (QED) is 0.683. The summed E-state index contributed by atoms with van der Waals surface area (Å²) in [5, 5.41) is 23.1. The number of benzene rings is 1. The Kier molecular flexibility index (Phi) is 2.69. The second kappa shape index (κ2) is 4.64. The highest BCUT2D eigenvalue weighted by Gasteiger charge is 2.13. The Bertz CT molecular complexity index is 675. The topological polar surface area (TPSA) is 114 Å². The molecule has 2 N–H and O–H groups in total. The molecule has 0 aliphatic heterocycles. The van der Waals surface area contributed by atoms with Gasteiger partial charge in [-0.3, -0.25) is 4.79 Å². The number of anilines is 1. The molecule has 3 rings (SSSR count). The zero-order valence-electron chi connectivity index (χ0n) is 9.56. The molecule has 19 heavy (non-hydrogen) atoms. The molecule has 0 saturated carbocycles. The Morgan fingerprint density at radius 3 is 2.95 bits per heavy atom. The molecule has 2 heterocycles. The number of aromatic amines is 1. The second-order valence-corrected chi connectivity index (χ2v) is 3.55. The van der Waals surface area contributed by atoms with Gasteiger partial charge in [0.2, 0.25) is 0 Å². The first-order chi connectivity index (χ1) is 9.34. The van der Waals surface area contributed by atoms with Crippen LogP contribution in [0.2, 0.25) is 0 Å². The number of hydrogen-bond acceptors (Lipinski definition) is 6. The molecule has 0 radical (unpaired) electrons. The summed E-state index contributed by atoms with van der Waals surface area (Å²) in [5.74, 6) is -0.491. The number of nitrogens with zero attached hydrogens (tertiary/aromatic N) is 6. The summed E-state index contributed by atoms with van der Waals surface area (Å²) >= 11 is 0. The van der Waals surface area contributed by atoms with Crippen LogP contribution >= 0.6 is 0 Å². The first-order valence-electron chi connectivity index (χ1n) is 5.35. The number of para-hydroxylation sites is 2. The summed E-state index contributed by atoms with van der Waals surface area (Å²) in [6.07, 6.45) is 3.23. The van der Waals surface area contributed by atoms with Crippen LogP contribution in [0.25, 0.3) is 5.69 Å². The number of carbonyl (C=O) groups is 1. The van der Waals surface area contributed by atoms with Crippen LogP contribution in [0.1, 0.15) is 10.6 Å². The predicted molar refractivity (Wildman–Crippen MR) is 63.5 cm³/mol. The number of hydrogen-bond donors (Lipinski definition) is 2. The van der Waals surface area contributed by atoms with Crippen molar-refractivity contribution in [1.82, 2.24) is 35.6 Å². The van der Waals surface area contributed by atoms with Crippen molar-refractivity contribution in [2.75, 3.05) is 5.32 Å². The molecular weight excluding hydrogens is 248 g/mol. The van der Waals surface area contributed by atoms with Crippen LogP contribution < -0.4 is 5.32 Å². The van der Waals surface area contributed by atoms with Gasteiger partial charge in [-0.15, -0.1) is 15.3 Å². The maximum absolute atomic E-state index is 11.9. The summed E-state index contributed by atoms with van der Waals surface area (Å²) in [5.41, 5.74) is 1.26. The van der Waals surface area contributed by atoms with E-state index in [1.165, 1.54) is 0 Å². The van der Waals surface area contributed by atoms with Crippen LogP contribution in [-0.2, 0) is 0 Å². The highest BCUT2D eigenvalue weighted by Crippen LogP contribution is 2.18. The molecule has 2 aromatic heterocycles. The van der Waals surface area contributed by atoms with Crippen molar-refractivity contribution in [2.24, 2.45) is 0 Å². The van der Waals surface area contributed by atoms with Crippen LogP contribution in [0, 0.1) is 0 Å². The van der Waals surface area contributed by atoms with E-state index < -0.39 is 5.91 Å². The molecule has 3 aromatic rings. The fraction of sp³-hybridized carbons (Fsp3) is 0. The van der Waals surface area contributed by atoms with Crippen molar-refractivity contribution in [1.29, 1.82) is 0 Å². The average Bonchev–Trinajstić information content (AvgIpc) is 3.13. The lowest BCUT2D eigenvalue weighted by atomic mass is 10.2. The first kappa shape index (κ1) is 11.0. The smallest absolute Gasteiger partial charge is 0.297 e. The van der Waals surface area contributed by atoms with Crippen molar-refractivity contribution >= 4 is 11.6 Å². The molecule has 0 aliphatic carbocycles. The summed E-state index contributed by atoms with van der Waals surface area (Å²) in [6, 6.07) is 7.18. The highest BCUT2D eigenvalue weighted by atomic mass is 16.2. The van der Waals surface area contributed by atoms with Crippen molar-refractivity contribution in [3.8, 4) is 5.69 Å². The third-order valence-electron chi connectivity index (χ3n) is 2.37. The molecule has 0 bridgehead atoms. The van der Waals surface area contributed by atoms with E-state index in [-0.39, 0.29) is 5.82 Å². The number of tetrazole rings is 1. The number of amides is 1. The van der Waals surface area contributed by atoms with E-state index >= 15 is 0 Å². The van der Waals surface area contributed by atoms with E-state index in [0.29, 0.717) is 11.4 Å². The van der Waals surface area contributed by atoms with Crippen LogP contribution in [0.5, 0.6) is 0 Å². The van der Waals surface area contributed by atoms with Gasteiger partial charge in [0.1, 0.15) is 0 Å². The fourth-order valence-electron chi connectivity index (χ4n) is 1.55. The van der Waals surface area contributed by atoms with Gasteiger partial charge in [0, 0.05) is 0 Å². The molecule has 0 atom stereocenters. The van der Waals surface area contributed by atoms with E-state index in [1.807, 2.05) is 6.07 Å². The molecule has 94 valence electrons. The van der Waals surface area contributed by atoms with E-state index in [1.54, 1.807) is 35.3 Å². The fourth-order valence-corrected chi connectivity index (χ4v) is 1.55. The van der Waals surface area contributed by atoms with Crippen LogP contribution in [0.15, 0.2) is 36.7 Å². The summed E-state index contributed by atoms with van der Waals surface area (Å²) in [7, 11) is 0. The number of rotatable bonds is 3. The van der Waals surface area contributed by atoms with Crippen molar-refractivity contribution < 1.29 is 4.79 Å².